The quantitative estimate of drug-likeness (QED) is 0.298. The van der Waals surface area contributed by atoms with Crippen LogP contribution in [0.5, 0.6) is 5.75 Å². The summed E-state index contributed by atoms with van der Waals surface area (Å²) < 4.78 is 11.9. The third-order valence-corrected chi connectivity index (χ3v) is 5.36. The Balaban J connectivity index is 1.97. The normalized spacial score (nSPS) is 11.1. The molecule has 0 saturated heterocycles. The number of rotatable bonds is 6. The van der Waals surface area contributed by atoms with Crippen LogP contribution in [0.1, 0.15) is 6.92 Å². The number of nitrogens with one attached hydrogen (secondary N) is 1. The number of esters is 1. The second-order valence-corrected chi connectivity index (χ2v) is 7.14. The average Bonchev–Trinajstić information content (AvgIpc) is 3.12. The maximum absolute atomic E-state index is 13.5. The van der Waals surface area contributed by atoms with E-state index in [1.54, 1.807) is 26.2 Å². The van der Waals surface area contributed by atoms with Crippen molar-refractivity contribution in [3.8, 4) is 11.4 Å². The van der Waals surface area contributed by atoms with Crippen molar-refractivity contribution >= 4 is 39.7 Å². The van der Waals surface area contributed by atoms with Gasteiger partial charge < -0.3 is 14.5 Å². The number of methoxy groups -OCH3 is 1. The van der Waals surface area contributed by atoms with Crippen molar-refractivity contribution in [3.63, 3.8) is 0 Å². The second kappa shape index (κ2) is 8.00. The first-order chi connectivity index (χ1) is 14.1. The van der Waals surface area contributed by atoms with Crippen LogP contribution in [0.3, 0.4) is 0 Å². The van der Waals surface area contributed by atoms with Gasteiger partial charge in [0.1, 0.15) is 16.8 Å². The maximum Gasteiger partial charge on any atom is 0.316 e. The van der Waals surface area contributed by atoms with Gasteiger partial charge in [-0.1, -0.05) is 42.1 Å². The third kappa shape index (κ3) is 3.47. The lowest BCUT2D eigenvalue weighted by Crippen LogP contribution is -2.23. The molecule has 4 rings (SSSR count). The molecule has 7 nitrogen and oxygen atoms in total. The zero-order valence-electron chi connectivity index (χ0n) is 16.0. The summed E-state index contributed by atoms with van der Waals surface area (Å²) in [6.07, 6.45) is 0. The van der Waals surface area contributed by atoms with Gasteiger partial charge in [-0.05, 0) is 25.1 Å². The SMILES string of the molecule is CCOC(=O)CSc1nc2c([nH]c3ccccc32)c(=O)n1-c1ccccc1OC. The van der Waals surface area contributed by atoms with Gasteiger partial charge in [0.25, 0.3) is 5.56 Å². The van der Waals surface area contributed by atoms with E-state index >= 15 is 0 Å². The number of thioether (sulfide) groups is 1. The number of hydrogen-bond donors (Lipinski definition) is 1. The third-order valence-electron chi connectivity index (χ3n) is 4.44. The van der Waals surface area contributed by atoms with E-state index in [0.717, 1.165) is 22.7 Å². The number of benzene rings is 2. The minimum Gasteiger partial charge on any atom is -0.495 e. The highest BCUT2D eigenvalue weighted by Gasteiger charge is 2.20. The fraction of sp³-hybridized carbons (Fsp3) is 0.190. The molecule has 0 aliphatic rings. The molecule has 2 heterocycles. The van der Waals surface area contributed by atoms with Gasteiger partial charge in [-0.3, -0.25) is 9.59 Å². The number of aromatic nitrogens is 3. The van der Waals surface area contributed by atoms with E-state index in [1.807, 2.05) is 36.4 Å². The number of carbonyl (C=O) groups is 1. The molecular formula is C21H19N3O4S. The average molecular weight is 409 g/mol. The van der Waals surface area contributed by atoms with Crippen LogP contribution in [0.15, 0.2) is 58.5 Å². The van der Waals surface area contributed by atoms with E-state index in [4.69, 9.17) is 14.5 Å². The van der Waals surface area contributed by atoms with Crippen molar-refractivity contribution < 1.29 is 14.3 Å². The molecule has 0 unspecified atom stereocenters. The summed E-state index contributed by atoms with van der Waals surface area (Å²) >= 11 is 1.16. The standard InChI is InChI=1S/C21H19N3O4S/c1-3-28-17(25)12-29-21-23-18-13-8-4-5-9-14(13)22-19(18)20(26)24(21)15-10-6-7-11-16(15)27-2/h4-11,22H,3,12H2,1-2H3. The largest absolute Gasteiger partial charge is 0.495 e. The molecule has 29 heavy (non-hydrogen) atoms. The first-order valence-electron chi connectivity index (χ1n) is 9.09. The monoisotopic (exact) mass is 409 g/mol. The van der Waals surface area contributed by atoms with Crippen molar-refractivity contribution in [1.82, 2.24) is 14.5 Å². The van der Waals surface area contributed by atoms with Crippen LogP contribution in [0.2, 0.25) is 0 Å². The highest BCUT2D eigenvalue weighted by Crippen LogP contribution is 2.29. The van der Waals surface area contributed by atoms with Gasteiger partial charge in [0, 0.05) is 10.9 Å². The van der Waals surface area contributed by atoms with E-state index in [1.165, 1.54) is 4.57 Å². The second-order valence-electron chi connectivity index (χ2n) is 6.19. The Morgan fingerprint density at radius 2 is 1.93 bits per heavy atom. The smallest absolute Gasteiger partial charge is 0.316 e. The molecule has 2 aromatic carbocycles. The van der Waals surface area contributed by atoms with Gasteiger partial charge in [0.05, 0.1) is 25.2 Å². The topological polar surface area (TPSA) is 86.2 Å². The predicted octanol–water partition coefficient (Wildman–Crippen LogP) is 3.53. The fourth-order valence-corrected chi connectivity index (χ4v) is 3.99. The fourth-order valence-electron chi connectivity index (χ4n) is 3.19. The van der Waals surface area contributed by atoms with Crippen molar-refractivity contribution in [2.75, 3.05) is 19.5 Å². The first-order valence-corrected chi connectivity index (χ1v) is 10.1. The molecule has 148 valence electrons. The Morgan fingerprint density at radius 1 is 1.17 bits per heavy atom. The molecule has 2 aromatic heterocycles. The molecular weight excluding hydrogens is 390 g/mol. The molecule has 0 amide bonds. The van der Waals surface area contributed by atoms with Crippen molar-refractivity contribution in [3.05, 3.63) is 58.9 Å². The minimum absolute atomic E-state index is 0.0449. The maximum atomic E-state index is 13.5. The van der Waals surface area contributed by atoms with E-state index in [2.05, 4.69) is 4.98 Å². The van der Waals surface area contributed by atoms with Gasteiger partial charge in [-0.2, -0.15) is 0 Å². The number of para-hydroxylation sites is 3. The summed E-state index contributed by atoms with van der Waals surface area (Å²) in [6, 6.07) is 14.8. The Morgan fingerprint density at radius 3 is 2.72 bits per heavy atom. The summed E-state index contributed by atoms with van der Waals surface area (Å²) in [7, 11) is 1.55. The number of ether oxygens (including phenoxy) is 2. The van der Waals surface area contributed by atoms with Crippen molar-refractivity contribution in [2.45, 2.75) is 12.1 Å². The van der Waals surface area contributed by atoms with Crippen LogP contribution >= 0.6 is 11.8 Å². The molecule has 0 aliphatic carbocycles. The number of nitrogens with zero attached hydrogens (tertiary/aromatic N) is 2. The van der Waals surface area contributed by atoms with Crippen LogP contribution in [0.25, 0.3) is 27.6 Å². The van der Waals surface area contributed by atoms with Crippen LogP contribution in [-0.2, 0) is 9.53 Å². The highest BCUT2D eigenvalue weighted by atomic mass is 32.2. The molecule has 1 N–H and O–H groups in total. The Kier molecular flexibility index (Phi) is 5.26. The number of hydrogen-bond acceptors (Lipinski definition) is 6. The van der Waals surface area contributed by atoms with Gasteiger partial charge in [0.2, 0.25) is 0 Å². The summed E-state index contributed by atoms with van der Waals surface area (Å²) in [4.78, 5) is 33.3. The zero-order chi connectivity index (χ0) is 20.4. The van der Waals surface area contributed by atoms with Gasteiger partial charge in [-0.25, -0.2) is 9.55 Å². The van der Waals surface area contributed by atoms with Gasteiger partial charge in [0.15, 0.2) is 5.16 Å². The van der Waals surface area contributed by atoms with E-state index in [9.17, 15) is 9.59 Å². The highest BCUT2D eigenvalue weighted by molar-refractivity contribution is 7.99. The predicted molar refractivity (Wildman–Crippen MR) is 113 cm³/mol. The Bertz CT molecular complexity index is 1260. The van der Waals surface area contributed by atoms with Crippen molar-refractivity contribution in [1.29, 1.82) is 0 Å². The van der Waals surface area contributed by atoms with Gasteiger partial charge in [-0.15, -0.1) is 0 Å². The van der Waals surface area contributed by atoms with Gasteiger partial charge >= 0.3 is 5.97 Å². The minimum atomic E-state index is -0.364. The lowest BCUT2D eigenvalue weighted by atomic mass is 10.2. The number of aromatic amines is 1. The van der Waals surface area contributed by atoms with E-state index in [0.29, 0.717) is 34.2 Å². The van der Waals surface area contributed by atoms with Crippen LogP contribution < -0.4 is 10.3 Å². The molecule has 0 aliphatic heterocycles. The molecule has 8 heteroatoms. The summed E-state index contributed by atoms with van der Waals surface area (Å²) in [5, 5.41) is 1.24. The van der Waals surface area contributed by atoms with Crippen LogP contribution in [0, 0.1) is 0 Å². The van der Waals surface area contributed by atoms with Crippen LogP contribution in [0.4, 0.5) is 0 Å². The number of carbonyl (C=O) groups excluding carboxylic acids is 1. The first kappa shape index (κ1) is 19.1. The molecule has 0 spiro atoms. The summed E-state index contributed by atoms with van der Waals surface area (Å²) in [5.74, 6) is 0.214. The Labute approximate surface area is 170 Å². The van der Waals surface area contributed by atoms with E-state index in [-0.39, 0.29) is 17.3 Å². The molecule has 0 fully saturated rings. The molecule has 0 bridgehead atoms. The molecule has 0 atom stereocenters. The Hall–Kier alpha value is -3.26. The van der Waals surface area contributed by atoms with Crippen LogP contribution in [-0.4, -0.2) is 40.0 Å². The van der Waals surface area contributed by atoms with Crippen molar-refractivity contribution in [2.24, 2.45) is 0 Å². The zero-order valence-corrected chi connectivity index (χ0v) is 16.8. The summed E-state index contributed by atoms with van der Waals surface area (Å²) in [5.41, 5.74) is 2.09. The lowest BCUT2D eigenvalue weighted by Gasteiger charge is -2.14. The molecule has 0 radical (unpaired) electrons. The molecule has 4 aromatic rings. The number of H-pyrrole nitrogens is 1. The lowest BCUT2D eigenvalue weighted by molar-refractivity contribution is -0.139. The summed E-state index contributed by atoms with van der Waals surface area (Å²) in [6.45, 7) is 2.05. The van der Waals surface area contributed by atoms with E-state index < -0.39 is 0 Å². The molecule has 0 saturated carbocycles. The number of fused-ring (bicyclic) bond motifs is 3.